The van der Waals surface area contributed by atoms with Gasteiger partial charge in [-0.25, -0.2) is 0 Å². The Labute approximate surface area is 124 Å². The third kappa shape index (κ3) is 3.01. The van der Waals surface area contributed by atoms with E-state index in [1.54, 1.807) is 12.1 Å². The summed E-state index contributed by atoms with van der Waals surface area (Å²) in [6.45, 7) is 3.03. The summed E-state index contributed by atoms with van der Waals surface area (Å²) in [5, 5.41) is 2.96. The molecule has 2 fully saturated rings. The molecule has 2 amide bonds. The highest BCUT2D eigenvalue weighted by molar-refractivity contribution is 5.97. The molecule has 1 saturated heterocycles. The van der Waals surface area contributed by atoms with Gasteiger partial charge in [-0.1, -0.05) is 12.1 Å². The number of nitrogens with zero attached hydrogens (tertiary/aromatic N) is 1. The van der Waals surface area contributed by atoms with Gasteiger partial charge in [0.05, 0.1) is 18.2 Å². The van der Waals surface area contributed by atoms with Crippen LogP contribution in [0.2, 0.25) is 0 Å². The molecule has 21 heavy (non-hydrogen) atoms. The average Bonchev–Trinajstić information content (AvgIpc) is 3.24. The Kier molecular flexibility index (Phi) is 3.82. The van der Waals surface area contributed by atoms with Crippen LogP contribution in [0, 0.1) is 0 Å². The minimum atomic E-state index is -0.172. The number of hydrogen-bond donors (Lipinski definition) is 1. The van der Waals surface area contributed by atoms with Gasteiger partial charge in [-0.05, 0) is 31.9 Å². The van der Waals surface area contributed by atoms with E-state index in [0.29, 0.717) is 36.9 Å². The molecule has 5 heteroatoms. The lowest BCUT2D eigenvalue weighted by atomic mass is 10.1. The van der Waals surface area contributed by atoms with Crippen molar-refractivity contribution in [3.63, 3.8) is 0 Å². The largest absolute Gasteiger partial charge is 0.493 e. The first-order valence-corrected chi connectivity index (χ1v) is 7.51. The zero-order valence-electron chi connectivity index (χ0n) is 12.2. The standard InChI is InChI=1S/C16H20N2O3/c1-2-21-14-6-4-3-5-13(14)16(20)17-11-9-15(19)18(10-11)12-7-8-12/h3-6,11-12H,2,7-10H2,1H3,(H,17,20)/t11-/m0/s1. The number of likely N-dealkylation sites (tertiary alicyclic amines) is 1. The van der Waals surface area contributed by atoms with Crippen LogP contribution in [-0.2, 0) is 4.79 Å². The quantitative estimate of drug-likeness (QED) is 0.895. The summed E-state index contributed by atoms with van der Waals surface area (Å²) >= 11 is 0. The SMILES string of the molecule is CCOc1ccccc1C(=O)N[C@H]1CC(=O)N(C2CC2)C1. The molecular weight excluding hydrogens is 268 g/mol. The second-order valence-corrected chi connectivity index (χ2v) is 5.58. The Hall–Kier alpha value is -2.04. The molecule has 0 aromatic heterocycles. The molecule has 0 unspecified atom stereocenters. The third-order valence-electron chi connectivity index (χ3n) is 3.91. The fraction of sp³-hybridized carbons (Fsp3) is 0.500. The van der Waals surface area contributed by atoms with Gasteiger partial charge < -0.3 is 15.0 Å². The Morgan fingerprint density at radius 2 is 2.14 bits per heavy atom. The first-order chi connectivity index (χ1) is 10.2. The van der Waals surface area contributed by atoms with Gasteiger partial charge in [0.1, 0.15) is 5.75 Å². The number of carbonyl (C=O) groups excluding carboxylic acids is 2. The molecule has 1 atom stereocenters. The first kappa shape index (κ1) is 13.9. The fourth-order valence-electron chi connectivity index (χ4n) is 2.77. The highest BCUT2D eigenvalue weighted by Crippen LogP contribution is 2.30. The zero-order valence-corrected chi connectivity index (χ0v) is 12.2. The number of para-hydroxylation sites is 1. The van der Waals surface area contributed by atoms with Crippen molar-refractivity contribution in [3.05, 3.63) is 29.8 Å². The summed E-state index contributed by atoms with van der Waals surface area (Å²) < 4.78 is 5.47. The Morgan fingerprint density at radius 3 is 2.86 bits per heavy atom. The molecule has 1 aliphatic carbocycles. The average molecular weight is 288 g/mol. The predicted molar refractivity (Wildman–Crippen MR) is 78.2 cm³/mol. The molecular formula is C16H20N2O3. The summed E-state index contributed by atoms with van der Waals surface area (Å²) in [6, 6.07) is 7.50. The van der Waals surface area contributed by atoms with E-state index in [2.05, 4.69) is 5.32 Å². The Bertz CT molecular complexity index is 554. The van der Waals surface area contributed by atoms with Crippen molar-refractivity contribution in [1.29, 1.82) is 0 Å². The van der Waals surface area contributed by atoms with E-state index < -0.39 is 0 Å². The lowest BCUT2D eigenvalue weighted by Gasteiger charge is -2.17. The second kappa shape index (κ2) is 5.76. The normalized spacial score (nSPS) is 21.5. The smallest absolute Gasteiger partial charge is 0.255 e. The van der Waals surface area contributed by atoms with Crippen LogP contribution in [0.4, 0.5) is 0 Å². The molecule has 1 aromatic rings. The first-order valence-electron chi connectivity index (χ1n) is 7.51. The lowest BCUT2D eigenvalue weighted by Crippen LogP contribution is -2.37. The van der Waals surface area contributed by atoms with Gasteiger partial charge in [-0.2, -0.15) is 0 Å². The van der Waals surface area contributed by atoms with Crippen LogP contribution in [0.15, 0.2) is 24.3 Å². The maximum atomic E-state index is 12.4. The minimum Gasteiger partial charge on any atom is -0.493 e. The predicted octanol–water partition coefficient (Wildman–Crippen LogP) is 1.58. The monoisotopic (exact) mass is 288 g/mol. The van der Waals surface area contributed by atoms with Crippen LogP contribution in [0.1, 0.15) is 36.5 Å². The number of amides is 2. The van der Waals surface area contributed by atoms with E-state index in [1.165, 1.54) is 0 Å². The summed E-state index contributed by atoms with van der Waals surface area (Å²) in [6.07, 6.45) is 2.60. The van der Waals surface area contributed by atoms with Crippen molar-refractivity contribution in [3.8, 4) is 5.75 Å². The van der Waals surface area contributed by atoms with Crippen molar-refractivity contribution < 1.29 is 14.3 Å². The van der Waals surface area contributed by atoms with E-state index in [1.807, 2.05) is 24.0 Å². The van der Waals surface area contributed by atoms with Gasteiger partial charge in [0.25, 0.3) is 5.91 Å². The maximum absolute atomic E-state index is 12.4. The molecule has 0 radical (unpaired) electrons. The molecule has 1 saturated carbocycles. The van der Waals surface area contributed by atoms with E-state index in [0.717, 1.165) is 12.8 Å². The molecule has 1 aromatic carbocycles. The van der Waals surface area contributed by atoms with Gasteiger partial charge in [-0.15, -0.1) is 0 Å². The highest BCUT2D eigenvalue weighted by atomic mass is 16.5. The Balaban J connectivity index is 1.65. The third-order valence-corrected chi connectivity index (χ3v) is 3.91. The molecule has 2 aliphatic rings. The van der Waals surface area contributed by atoms with Crippen molar-refractivity contribution in [2.45, 2.75) is 38.3 Å². The second-order valence-electron chi connectivity index (χ2n) is 5.58. The van der Waals surface area contributed by atoms with E-state index in [-0.39, 0.29) is 17.9 Å². The number of hydrogen-bond acceptors (Lipinski definition) is 3. The number of benzene rings is 1. The fourth-order valence-corrected chi connectivity index (χ4v) is 2.77. The van der Waals surface area contributed by atoms with Crippen LogP contribution in [0.5, 0.6) is 5.75 Å². The van der Waals surface area contributed by atoms with Crippen molar-refractivity contribution in [1.82, 2.24) is 10.2 Å². The van der Waals surface area contributed by atoms with E-state index >= 15 is 0 Å². The molecule has 1 heterocycles. The molecule has 1 aliphatic heterocycles. The molecule has 3 rings (SSSR count). The van der Waals surface area contributed by atoms with Gasteiger partial charge >= 0.3 is 0 Å². The number of carbonyl (C=O) groups is 2. The highest BCUT2D eigenvalue weighted by Gasteiger charge is 2.39. The van der Waals surface area contributed by atoms with Gasteiger partial charge in [0.15, 0.2) is 0 Å². The summed E-state index contributed by atoms with van der Waals surface area (Å²) in [5.74, 6) is 0.566. The number of nitrogens with one attached hydrogen (secondary N) is 1. The molecule has 1 N–H and O–H groups in total. The summed E-state index contributed by atoms with van der Waals surface area (Å²) in [4.78, 5) is 26.2. The van der Waals surface area contributed by atoms with Crippen molar-refractivity contribution in [2.24, 2.45) is 0 Å². The van der Waals surface area contributed by atoms with Crippen LogP contribution in [0.25, 0.3) is 0 Å². The topological polar surface area (TPSA) is 58.6 Å². The minimum absolute atomic E-state index is 0.0970. The van der Waals surface area contributed by atoms with Crippen LogP contribution >= 0.6 is 0 Å². The van der Waals surface area contributed by atoms with Crippen LogP contribution < -0.4 is 10.1 Å². The molecule has 112 valence electrons. The molecule has 0 spiro atoms. The van der Waals surface area contributed by atoms with E-state index in [9.17, 15) is 9.59 Å². The lowest BCUT2D eigenvalue weighted by molar-refractivity contribution is -0.128. The Morgan fingerprint density at radius 1 is 1.38 bits per heavy atom. The molecule has 0 bridgehead atoms. The zero-order chi connectivity index (χ0) is 14.8. The van der Waals surface area contributed by atoms with Gasteiger partial charge in [0.2, 0.25) is 5.91 Å². The summed E-state index contributed by atoms with van der Waals surface area (Å²) in [5.41, 5.74) is 0.525. The number of rotatable bonds is 5. The van der Waals surface area contributed by atoms with Gasteiger partial charge in [0, 0.05) is 19.0 Å². The van der Waals surface area contributed by atoms with Crippen molar-refractivity contribution in [2.75, 3.05) is 13.2 Å². The number of ether oxygens (including phenoxy) is 1. The van der Waals surface area contributed by atoms with E-state index in [4.69, 9.17) is 4.74 Å². The maximum Gasteiger partial charge on any atom is 0.255 e. The van der Waals surface area contributed by atoms with Gasteiger partial charge in [-0.3, -0.25) is 9.59 Å². The summed E-state index contributed by atoms with van der Waals surface area (Å²) in [7, 11) is 0. The molecule has 5 nitrogen and oxygen atoms in total. The van der Waals surface area contributed by atoms with Crippen LogP contribution in [0.3, 0.4) is 0 Å². The van der Waals surface area contributed by atoms with Crippen LogP contribution in [-0.4, -0.2) is 41.9 Å². The van der Waals surface area contributed by atoms with Crippen molar-refractivity contribution >= 4 is 11.8 Å².